The second-order valence-corrected chi connectivity index (χ2v) is 4.71. The van der Waals surface area contributed by atoms with Crippen molar-refractivity contribution in [3.63, 3.8) is 0 Å². The Labute approximate surface area is 100 Å². The summed E-state index contributed by atoms with van der Waals surface area (Å²) in [6, 6.07) is 0. The normalized spacial score (nSPS) is 27.3. The van der Waals surface area contributed by atoms with Gasteiger partial charge in [-0.2, -0.15) is 0 Å². The molecule has 0 aromatic carbocycles. The summed E-state index contributed by atoms with van der Waals surface area (Å²) < 4.78 is 0. The molecular formula is C12H16N2O3. The smallest absolute Gasteiger partial charge is 0.242 e. The molecule has 5 heteroatoms. The van der Waals surface area contributed by atoms with Crippen LogP contribution >= 0.6 is 0 Å². The number of carbonyl (C=O) groups excluding carboxylic acids is 3. The van der Waals surface area contributed by atoms with Crippen molar-refractivity contribution in [1.82, 2.24) is 9.80 Å². The van der Waals surface area contributed by atoms with E-state index >= 15 is 0 Å². The Hall–Kier alpha value is -1.65. The molecule has 0 radical (unpaired) electrons. The minimum absolute atomic E-state index is 0.127. The third-order valence-electron chi connectivity index (χ3n) is 3.39. The number of nitrogens with zero attached hydrogens (tertiary/aromatic N) is 2. The predicted octanol–water partition coefficient (Wildman–Crippen LogP) is 0.0258. The molecule has 0 unspecified atom stereocenters. The Morgan fingerprint density at radius 3 is 2.12 bits per heavy atom. The first kappa shape index (κ1) is 11.8. The molecule has 17 heavy (non-hydrogen) atoms. The van der Waals surface area contributed by atoms with Crippen molar-refractivity contribution in [3.05, 3.63) is 12.2 Å². The molecule has 5 nitrogen and oxygen atoms in total. The number of hydrogen-bond donors (Lipinski definition) is 0. The van der Waals surface area contributed by atoms with Gasteiger partial charge in [-0.3, -0.25) is 19.3 Å². The Kier molecular flexibility index (Phi) is 3.00. The average molecular weight is 236 g/mol. The minimum atomic E-state index is -0.248. The number of allylic oxidation sites excluding steroid dienone is 2. The van der Waals surface area contributed by atoms with E-state index in [1.165, 1.54) is 4.90 Å². The zero-order chi connectivity index (χ0) is 12.6. The highest BCUT2D eigenvalue weighted by atomic mass is 16.2. The summed E-state index contributed by atoms with van der Waals surface area (Å²) in [4.78, 5) is 38.1. The molecule has 0 bridgehead atoms. The Morgan fingerprint density at radius 2 is 1.71 bits per heavy atom. The van der Waals surface area contributed by atoms with E-state index in [0.717, 1.165) is 4.90 Å². The van der Waals surface area contributed by atoms with Gasteiger partial charge < -0.3 is 4.90 Å². The first-order valence-corrected chi connectivity index (χ1v) is 5.72. The number of imide groups is 1. The molecule has 0 saturated carbocycles. The van der Waals surface area contributed by atoms with Crippen molar-refractivity contribution in [3.8, 4) is 0 Å². The van der Waals surface area contributed by atoms with Gasteiger partial charge in [0.05, 0.1) is 11.8 Å². The van der Waals surface area contributed by atoms with Crippen LogP contribution in [0.25, 0.3) is 0 Å². The molecule has 2 rings (SSSR count). The van der Waals surface area contributed by atoms with Gasteiger partial charge >= 0.3 is 0 Å². The highest BCUT2D eigenvalue weighted by Crippen LogP contribution is 2.34. The monoisotopic (exact) mass is 236 g/mol. The zero-order valence-electron chi connectivity index (χ0n) is 10.0. The molecule has 1 heterocycles. The van der Waals surface area contributed by atoms with E-state index in [9.17, 15) is 14.4 Å². The maximum Gasteiger partial charge on any atom is 0.242 e. The van der Waals surface area contributed by atoms with Crippen LogP contribution in [0.3, 0.4) is 0 Å². The van der Waals surface area contributed by atoms with Gasteiger partial charge in [0, 0.05) is 14.1 Å². The molecule has 0 N–H and O–H groups in total. The van der Waals surface area contributed by atoms with E-state index in [1.54, 1.807) is 14.1 Å². The molecule has 1 saturated heterocycles. The molecule has 0 aromatic heterocycles. The number of likely N-dealkylation sites (N-methyl/N-ethyl adjacent to an activating group) is 1. The summed E-state index contributed by atoms with van der Waals surface area (Å²) in [5, 5.41) is 0. The van der Waals surface area contributed by atoms with Crippen molar-refractivity contribution in [2.45, 2.75) is 12.8 Å². The molecule has 0 aromatic rings. The third kappa shape index (κ3) is 1.97. The van der Waals surface area contributed by atoms with E-state index in [4.69, 9.17) is 0 Å². The highest BCUT2D eigenvalue weighted by Gasteiger charge is 2.47. The summed E-state index contributed by atoms with van der Waals surface area (Å²) in [7, 11) is 3.23. The predicted molar refractivity (Wildman–Crippen MR) is 60.8 cm³/mol. The topological polar surface area (TPSA) is 57.7 Å². The third-order valence-corrected chi connectivity index (χ3v) is 3.39. The lowest BCUT2D eigenvalue weighted by molar-refractivity contribution is -0.145. The van der Waals surface area contributed by atoms with Crippen LogP contribution in [0.15, 0.2) is 12.2 Å². The van der Waals surface area contributed by atoms with Crippen LogP contribution in [-0.2, 0) is 14.4 Å². The van der Waals surface area contributed by atoms with Gasteiger partial charge in [0.15, 0.2) is 0 Å². The van der Waals surface area contributed by atoms with Crippen LogP contribution in [0.1, 0.15) is 12.8 Å². The SMILES string of the molecule is CN(C)C(=O)CN1C(=O)[C@H]2CC=CC[C@@H]2C1=O. The van der Waals surface area contributed by atoms with E-state index < -0.39 is 0 Å². The van der Waals surface area contributed by atoms with Gasteiger partial charge in [-0.25, -0.2) is 0 Å². The van der Waals surface area contributed by atoms with Gasteiger partial charge in [-0.15, -0.1) is 0 Å². The van der Waals surface area contributed by atoms with E-state index in [0.29, 0.717) is 12.8 Å². The average Bonchev–Trinajstić information content (AvgIpc) is 2.55. The van der Waals surface area contributed by atoms with Crippen molar-refractivity contribution < 1.29 is 14.4 Å². The second-order valence-electron chi connectivity index (χ2n) is 4.71. The van der Waals surface area contributed by atoms with E-state index in [1.807, 2.05) is 12.2 Å². The largest absolute Gasteiger partial charge is 0.347 e. The number of hydrogen-bond acceptors (Lipinski definition) is 3. The lowest BCUT2D eigenvalue weighted by Crippen LogP contribution is -2.40. The van der Waals surface area contributed by atoms with Crippen LogP contribution in [0.2, 0.25) is 0 Å². The van der Waals surface area contributed by atoms with Crippen molar-refractivity contribution in [2.75, 3.05) is 20.6 Å². The highest BCUT2D eigenvalue weighted by molar-refractivity contribution is 6.07. The van der Waals surface area contributed by atoms with Crippen LogP contribution in [0, 0.1) is 11.8 Å². The summed E-state index contributed by atoms with van der Waals surface area (Å²) in [6.45, 7) is -0.127. The van der Waals surface area contributed by atoms with Crippen LogP contribution in [0.4, 0.5) is 0 Å². The lowest BCUT2D eigenvalue weighted by atomic mass is 9.85. The quantitative estimate of drug-likeness (QED) is 0.502. The summed E-state index contributed by atoms with van der Waals surface area (Å²) in [5.74, 6) is -1.11. The molecule has 1 fully saturated rings. The molecule has 1 aliphatic heterocycles. The summed E-state index contributed by atoms with van der Waals surface area (Å²) >= 11 is 0. The molecular weight excluding hydrogens is 220 g/mol. The molecule has 2 atom stereocenters. The van der Waals surface area contributed by atoms with Crippen LogP contribution < -0.4 is 0 Å². The van der Waals surface area contributed by atoms with Gasteiger partial charge in [0.1, 0.15) is 6.54 Å². The summed E-state index contributed by atoms with van der Waals surface area (Å²) in [6.07, 6.45) is 5.09. The maximum absolute atomic E-state index is 12.0. The van der Waals surface area contributed by atoms with E-state index in [2.05, 4.69) is 0 Å². The fraction of sp³-hybridized carbons (Fsp3) is 0.583. The first-order valence-electron chi connectivity index (χ1n) is 5.72. The van der Waals surface area contributed by atoms with Gasteiger partial charge in [-0.1, -0.05) is 12.2 Å². The second kappa shape index (κ2) is 4.31. The van der Waals surface area contributed by atoms with Gasteiger partial charge in [-0.05, 0) is 12.8 Å². The summed E-state index contributed by atoms with van der Waals surface area (Å²) in [5.41, 5.74) is 0. The Morgan fingerprint density at radius 1 is 1.24 bits per heavy atom. The molecule has 2 aliphatic rings. The van der Waals surface area contributed by atoms with Crippen molar-refractivity contribution >= 4 is 17.7 Å². The molecule has 3 amide bonds. The van der Waals surface area contributed by atoms with Crippen molar-refractivity contribution in [1.29, 1.82) is 0 Å². The van der Waals surface area contributed by atoms with Crippen molar-refractivity contribution in [2.24, 2.45) is 11.8 Å². The number of fused-ring (bicyclic) bond motifs is 1. The number of rotatable bonds is 2. The minimum Gasteiger partial charge on any atom is -0.347 e. The first-order chi connectivity index (χ1) is 8.02. The fourth-order valence-electron chi connectivity index (χ4n) is 2.30. The van der Waals surface area contributed by atoms with E-state index in [-0.39, 0.29) is 36.1 Å². The fourth-order valence-corrected chi connectivity index (χ4v) is 2.30. The Bertz CT molecular complexity index is 375. The van der Waals surface area contributed by atoms with Crippen LogP contribution in [-0.4, -0.2) is 48.2 Å². The Balaban J connectivity index is 2.13. The number of likely N-dealkylation sites (tertiary alicyclic amines) is 1. The zero-order valence-corrected chi connectivity index (χ0v) is 10.0. The standard InChI is InChI=1S/C12H16N2O3/c1-13(2)10(15)7-14-11(16)8-5-3-4-6-9(8)12(14)17/h3-4,8-9H,5-7H2,1-2H3/t8-,9-/m0/s1. The molecule has 0 spiro atoms. The maximum atomic E-state index is 12.0. The van der Waals surface area contributed by atoms with Gasteiger partial charge in [0.25, 0.3) is 0 Å². The number of carbonyl (C=O) groups is 3. The van der Waals surface area contributed by atoms with Gasteiger partial charge in [0.2, 0.25) is 17.7 Å². The molecule has 92 valence electrons. The lowest BCUT2D eigenvalue weighted by Gasteiger charge is -2.17. The number of amides is 3. The molecule has 1 aliphatic carbocycles. The van der Waals surface area contributed by atoms with Crippen LogP contribution in [0.5, 0.6) is 0 Å².